The van der Waals surface area contributed by atoms with Crippen molar-refractivity contribution in [2.24, 2.45) is 5.92 Å². The van der Waals surface area contributed by atoms with E-state index in [1.165, 1.54) is 0 Å². The molecule has 2 aromatic heterocycles. The maximum absolute atomic E-state index is 12.9. The van der Waals surface area contributed by atoms with Crippen molar-refractivity contribution in [2.75, 3.05) is 0 Å². The highest BCUT2D eigenvalue weighted by Crippen LogP contribution is 2.37. The number of halogens is 3. The molecule has 2 heterocycles. The highest BCUT2D eigenvalue weighted by atomic mass is 19.4. The Kier molecular flexibility index (Phi) is 4.66. The van der Waals surface area contributed by atoms with E-state index in [0.29, 0.717) is 13.0 Å². The molecule has 0 radical (unpaired) electrons. The molecule has 23 heavy (non-hydrogen) atoms. The Labute approximate surface area is 132 Å². The minimum atomic E-state index is -4.09. The molecule has 0 aromatic carbocycles. The van der Waals surface area contributed by atoms with Crippen LogP contribution in [-0.4, -0.2) is 27.4 Å². The van der Waals surface area contributed by atoms with Crippen molar-refractivity contribution in [1.29, 1.82) is 0 Å². The standard InChI is InChI=1S/C16H19F3N4/c17-16(18,19)13-4-1-5-14(7-13)21-9-12-10-22-23-15(12)11-3-2-6-20-8-11/h2-3,6,8,10,13-14,21H,1,4-5,7,9H2,(H,22,23). The highest BCUT2D eigenvalue weighted by molar-refractivity contribution is 5.61. The van der Waals surface area contributed by atoms with Crippen LogP contribution in [0.4, 0.5) is 13.2 Å². The Morgan fingerprint density at radius 2 is 2.13 bits per heavy atom. The first-order valence-electron chi connectivity index (χ1n) is 7.77. The molecule has 4 nitrogen and oxygen atoms in total. The van der Waals surface area contributed by atoms with Gasteiger partial charge in [0, 0.05) is 36.1 Å². The van der Waals surface area contributed by atoms with Gasteiger partial charge in [-0.15, -0.1) is 0 Å². The lowest BCUT2D eigenvalue weighted by Gasteiger charge is -2.31. The topological polar surface area (TPSA) is 53.6 Å². The molecule has 2 unspecified atom stereocenters. The fourth-order valence-corrected chi connectivity index (χ4v) is 3.13. The predicted molar refractivity (Wildman–Crippen MR) is 80.5 cm³/mol. The van der Waals surface area contributed by atoms with E-state index in [0.717, 1.165) is 23.2 Å². The molecule has 1 fully saturated rings. The molecular weight excluding hydrogens is 305 g/mol. The molecular formula is C16H19F3N4. The molecule has 124 valence electrons. The van der Waals surface area contributed by atoms with E-state index in [1.807, 2.05) is 12.1 Å². The van der Waals surface area contributed by atoms with Gasteiger partial charge in [0.2, 0.25) is 0 Å². The summed E-state index contributed by atoms with van der Waals surface area (Å²) in [6.07, 6.45) is 2.85. The van der Waals surface area contributed by atoms with Gasteiger partial charge in [0.05, 0.1) is 17.8 Å². The first-order chi connectivity index (χ1) is 11.0. The molecule has 7 heteroatoms. The number of nitrogens with one attached hydrogen (secondary N) is 2. The number of rotatable bonds is 4. The lowest BCUT2D eigenvalue weighted by Crippen LogP contribution is -2.38. The first kappa shape index (κ1) is 16.0. The van der Waals surface area contributed by atoms with Gasteiger partial charge in [-0.2, -0.15) is 18.3 Å². The van der Waals surface area contributed by atoms with Gasteiger partial charge < -0.3 is 5.32 Å². The van der Waals surface area contributed by atoms with E-state index in [9.17, 15) is 13.2 Å². The fourth-order valence-electron chi connectivity index (χ4n) is 3.13. The Morgan fingerprint density at radius 1 is 1.26 bits per heavy atom. The van der Waals surface area contributed by atoms with Gasteiger partial charge in [0.1, 0.15) is 0 Å². The number of hydrogen-bond donors (Lipinski definition) is 2. The zero-order valence-electron chi connectivity index (χ0n) is 12.6. The number of alkyl halides is 3. The molecule has 2 atom stereocenters. The van der Waals surface area contributed by atoms with Gasteiger partial charge in [0.25, 0.3) is 0 Å². The molecule has 0 amide bonds. The smallest absolute Gasteiger partial charge is 0.310 e. The second-order valence-corrected chi connectivity index (χ2v) is 5.99. The summed E-state index contributed by atoms with van der Waals surface area (Å²) in [6.45, 7) is 0.496. The average molecular weight is 324 g/mol. The molecule has 1 aliphatic rings. The zero-order valence-corrected chi connectivity index (χ0v) is 12.6. The molecule has 0 saturated heterocycles. The number of aromatic amines is 1. The molecule has 2 N–H and O–H groups in total. The van der Waals surface area contributed by atoms with E-state index >= 15 is 0 Å². The number of H-pyrrole nitrogens is 1. The van der Waals surface area contributed by atoms with Crippen molar-refractivity contribution in [1.82, 2.24) is 20.5 Å². The van der Waals surface area contributed by atoms with E-state index in [1.54, 1.807) is 18.6 Å². The minimum absolute atomic E-state index is 0.105. The predicted octanol–water partition coefficient (Wildman–Crippen LogP) is 3.68. The van der Waals surface area contributed by atoms with Crippen LogP contribution in [0.5, 0.6) is 0 Å². The van der Waals surface area contributed by atoms with Crippen LogP contribution in [0.3, 0.4) is 0 Å². The number of pyridine rings is 1. The van der Waals surface area contributed by atoms with Crippen molar-refractivity contribution in [3.05, 3.63) is 36.3 Å². The van der Waals surface area contributed by atoms with E-state index in [-0.39, 0.29) is 18.9 Å². The van der Waals surface area contributed by atoms with Gasteiger partial charge in [-0.3, -0.25) is 10.1 Å². The van der Waals surface area contributed by atoms with Gasteiger partial charge in [-0.05, 0) is 31.4 Å². The fraction of sp³-hybridized carbons (Fsp3) is 0.500. The second kappa shape index (κ2) is 6.70. The third-order valence-electron chi connectivity index (χ3n) is 4.39. The van der Waals surface area contributed by atoms with Crippen LogP contribution in [0.2, 0.25) is 0 Å². The highest BCUT2D eigenvalue weighted by Gasteiger charge is 2.42. The molecule has 1 saturated carbocycles. The Hall–Kier alpha value is -1.89. The number of aromatic nitrogens is 3. The Morgan fingerprint density at radius 3 is 2.87 bits per heavy atom. The van der Waals surface area contributed by atoms with Crippen LogP contribution in [-0.2, 0) is 6.54 Å². The quantitative estimate of drug-likeness (QED) is 0.902. The van der Waals surface area contributed by atoms with E-state index in [4.69, 9.17) is 0 Å². The van der Waals surface area contributed by atoms with Crippen molar-refractivity contribution < 1.29 is 13.2 Å². The average Bonchev–Trinajstić information content (AvgIpc) is 3.02. The summed E-state index contributed by atoms with van der Waals surface area (Å²) < 4.78 is 38.6. The van der Waals surface area contributed by atoms with Crippen LogP contribution in [0.25, 0.3) is 11.3 Å². The van der Waals surface area contributed by atoms with Crippen LogP contribution < -0.4 is 5.32 Å². The summed E-state index contributed by atoms with van der Waals surface area (Å²) in [6, 6.07) is 3.65. The van der Waals surface area contributed by atoms with Gasteiger partial charge in [-0.1, -0.05) is 6.42 Å². The maximum atomic E-state index is 12.9. The number of nitrogens with zero attached hydrogens (tertiary/aromatic N) is 2. The third-order valence-corrected chi connectivity index (χ3v) is 4.39. The van der Waals surface area contributed by atoms with Gasteiger partial charge >= 0.3 is 6.18 Å². The van der Waals surface area contributed by atoms with Crippen molar-refractivity contribution in [2.45, 2.75) is 44.4 Å². The summed E-state index contributed by atoms with van der Waals surface area (Å²) in [5, 5.41) is 10.2. The molecule has 1 aliphatic carbocycles. The molecule has 0 spiro atoms. The Bertz CT molecular complexity index is 624. The summed E-state index contributed by atoms with van der Waals surface area (Å²) in [5.74, 6) is -1.18. The molecule has 0 aliphatic heterocycles. The maximum Gasteiger partial charge on any atom is 0.391 e. The van der Waals surface area contributed by atoms with E-state index in [2.05, 4.69) is 20.5 Å². The number of hydrogen-bond acceptors (Lipinski definition) is 3. The monoisotopic (exact) mass is 324 g/mol. The van der Waals surface area contributed by atoms with Crippen LogP contribution in [0.15, 0.2) is 30.7 Å². The van der Waals surface area contributed by atoms with Gasteiger partial charge in [-0.25, -0.2) is 0 Å². The van der Waals surface area contributed by atoms with Crippen molar-refractivity contribution >= 4 is 0 Å². The van der Waals surface area contributed by atoms with Crippen molar-refractivity contribution in [3.63, 3.8) is 0 Å². The lowest BCUT2D eigenvalue weighted by molar-refractivity contribution is -0.183. The van der Waals surface area contributed by atoms with Crippen LogP contribution in [0, 0.1) is 5.92 Å². The summed E-state index contributed by atoms with van der Waals surface area (Å²) in [5.41, 5.74) is 2.71. The molecule has 3 rings (SSSR count). The van der Waals surface area contributed by atoms with Crippen LogP contribution in [0.1, 0.15) is 31.2 Å². The van der Waals surface area contributed by atoms with E-state index < -0.39 is 12.1 Å². The lowest BCUT2D eigenvalue weighted by atomic mass is 9.85. The SMILES string of the molecule is FC(F)(F)C1CCCC(NCc2cn[nH]c2-c2cccnc2)C1. The molecule has 2 aromatic rings. The molecule has 0 bridgehead atoms. The second-order valence-electron chi connectivity index (χ2n) is 5.99. The summed E-state index contributed by atoms with van der Waals surface area (Å²) in [7, 11) is 0. The normalized spacial score (nSPS) is 22.2. The van der Waals surface area contributed by atoms with Gasteiger partial charge in [0.15, 0.2) is 0 Å². The largest absolute Gasteiger partial charge is 0.391 e. The minimum Gasteiger partial charge on any atom is -0.310 e. The zero-order chi connectivity index (χ0) is 16.3. The summed E-state index contributed by atoms with van der Waals surface area (Å²) in [4.78, 5) is 4.08. The third kappa shape index (κ3) is 3.90. The summed E-state index contributed by atoms with van der Waals surface area (Å²) >= 11 is 0. The Balaban J connectivity index is 1.62. The van der Waals surface area contributed by atoms with Crippen LogP contribution >= 0.6 is 0 Å². The van der Waals surface area contributed by atoms with Crippen molar-refractivity contribution in [3.8, 4) is 11.3 Å². The first-order valence-corrected chi connectivity index (χ1v) is 7.77.